The number of carbonyl (C=O) groups is 3. The fourth-order valence-electron chi connectivity index (χ4n) is 11.6. The molecule has 12 rings (SSSR count). The molecule has 2 amide bonds. The molecular weight excluding hydrogens is 1790 g/mol. The Hall–Kier alpha value is -9.44. The monoisotopic (exact) mass is 1870 g/mol. The molecule has 6 heterocycles. The lowest BCUT2D eigenvalue weighted by Crippen LogP contribution is -2.34. The van der Waals surface area contributed by atoms with Crippen molar-refractivity contribution >= 4 is 103 Å². The maximum Gasteiger partial charge on any atom is 0.338 e. The number of carbonyl (C=O) groups excluding carboxylic acids is 2. The predicted octanol–water partition coefficient (Wildman–Crippen LogP) is 17.0. The third-order valence-corrected chi connectivity index (χ3v) is 19.1. The number of carboxylic acids is 1. The molecule has 0 bridgehead atoms. The highest BCUT2D eigenvalue weighted by Crippen LogP contribution is 2.35. The molecule has 0 saturated carbocycles. The first-order chi connectivity index (χ1) is 51.4. The summed E-state index contributed by atoms with van der Waals surface area (Å²) < 4.78 is 103. The van der Waals surface area contributed by atoms with Crippen LogP contribution in [0.1, 0.15) is 169 Å². The Bertz CT molecular complexity index is 4720. The van der Waals surface area contributed by atoms with Gasteiger partial charge in [0.1, 0.15) is 69.4 Å². The number of nitrogen functional groups attached to an aromatic ring is 3. The quantitative estimate of drug-likeness (QED) is 0.0123. The fourth-order valence-corrected chi connectivity index (χ4v) is 13.6. The van der Waals surface area contributed by atoms with Gasteiger partial charge in [0.15, 0.2) is 0 Å². The van der Waals surface area contributed by atoms with E-state index in [0.717, 1.165) is 65.2 Å². The van der Waals surface area contributed by atoms with E-state index in [-0.39, 0.29) is 107 Å². The Balaban J connectivity index is 0.000000274. The summed E-state index contributed by atoms with van der Waals surface area (Å²) in [6.07, 6.45) is 9.90. The highest BCUT2D eigenvalue weighted by atomic mass is 127. The standard InChI is InChI=1S/C24H22F2IN7O2.C24H24F2IN5O2.C16H16FN3O3.C8H8FIN4.4CH4/c25-16-7-15(8-17(27)10-16)21(12-31-34-29)33-24(35)18-2-1-14(9-19(18)26)22-23(28)30-11-20(32-22)13-3-5-36-6-4-13;25-16-7-15(8-17(27)10-16)20(11-28)32-24(33)18-2-1-14(9-19(18)26)22-23(29)30-12-21(31-22)13-3-5-34-6-4-13;17-12-7-10(1-2-11(12)16(21)22)14-15(18)19-8-13(20-14)9-3-5-23-6-4-9;9-6-1-5(2-7(10)3-6)8(11)4-13-14-12;;;;/h1-2,7-11,13,21H,3-6,12H2,(H2,28,30)(H,33,35);1-2,7-10,12-13,20H,3-6,11,28H2,(H2,29,30)(H,32,33);1-2,7-9H,3-6H2,(H2,18,19)(H,21,22);1-3,8H,4,11H2;4*1H4/t21-;20-;;8-;;;;/m11.1..../s1. The molecule has 3 fully saturated rings. The van der Waals surface area contributed by atoms with Crippen LogP contribution < -0.4 is 39.3 Å². The molecule has 111 heavy (non-hydrogen) atoms. The number of azide groups is 2. The largest absolute Gasteiger partial charge is 0.478 e. The molecule has 0 aliphatic carbocycles. The topological polar surface area (TPSA) is 428 Å². The van der Waals surface area contributed by atoms with E-state index in [2.05, 4.69) is 60.6 Å². The van der Waals surface area contributed by atoms with Crippen LogP contribution in [0.15, 0.2) is 138 Å². The van der Waals surface area contributed by atoms with Crippen molar-refractivity contribution in [2.75, 3.05) is 76.5 Å². The second-order valence-corrected chi connectivity index (χ2v) is 28.2. The Labute approximate surface area is 679 Å². The zero-order valence-electron chi connectivity index (χ0n) is 56.7. The van der Waals surface area contributed by atoms with Crippen LogP contribution >= 0.6 is 67.8 Å². The van der Waals surface area contributed by atoms with E-state index >= 15 is 4.39 Å². The van der Waals surface area contributed by atoms with Crippen molar-refractivity contribution in [1.82, 2.24) is 40.5 Å². The van der Waals surface area contributed by atoms with Crippen LogP contribution in [0.4, 0.5) is 43.8 Å². The molecule has 26 nitrogen and oxygen atoms in total. The van der Waals surface area contributed by atoms with E-state index in [1.807, 2.05) is 67.8 Å². The molecule has 35 heteroatoms. The second-order valence-electron chi connectivity index (χ2n) is 24.5. The molecule has 3 aromatic heterocycles. The summed E-state index contributed by atoms with van der Waals surface area (Å²) in [7, 11) is 0. The van der Waals surface area contributed by atoms with Crippen LogP contribution in [0.25, 0.3) is 54.7 Å². The van der Waals surface area contributed by atoms with Gasteiger partial charge in [-0.05, 0) is 225 Å². The third-order valence-electron chi connectivity index (χ3n) is 17.2. The maximum absolute atomic E-state index is 15.1. The summed E-state index contributed by atoms with van der Waals surface area (Å²) in [4.78, 5) is 68.3. The summed E-state index contributed by atoms with van der Waals surface area (Å²) in [6, 6.07) is 23.1. The lowest BCUT2D eigenvalue weighted by molar-refractivity contribution is 0.0691. The number of benzene rings is 6. The number of halogens is 9. The zero-order chi connectivity index (χ0) is 76.8. The number of nitrogens with two attached hydrogens (primary N) is 5. The zero-order valence-corrected chi connectivity index (χ0v) is 63.2. The minimum absolute atomic E-state index is 0. The van der Waals surface area contributed by atoms with E-state index < -0.39 is 65.0 Å². The summed E-state index contributed by atoms with van der Waals surface area (Å²) >= 11 is 5.92. The normalized spacial score (nSPS) is 14.1. The number of hydrogen-bond acceptors (Lipinski definition) is 19. The van der Waals surface area contributed by atoms with Crippen LogP contribution in [0.2, 0.25) is 0 Å². The number of aromatic nitrogens is 6. The van der Waals surface area contributed by atoms with Crippen molar-refractivity contribution in [3.8, 4) is 33.8 Å². The van der Waals surface area contributed by atoms with Crippen molar-refractivity contribution in [3.05, 3.63) is 245 Å². The Morgan fingerprint density at radius 1 is 0.486 bits per heavy atom. The summed E-state index contributed by atoms with van der Waals surface area (Å²) in [5.74, 6) is -5.22. The van der Waals surface area contributed by atoms with E-state index in [9.17, 15) is 36.3 Å². The number of amides is 2. The summed E-state index contributed by atoms with van der Waals surface area (Å²) in [6.45, 7) is 3.92. The van der Waals surface area contributed by atoms with Crippen molar-refractivity contribution in [3.63, 3.8) is 0 Å². The van der Waals surface area contributed by atoms with Crippen LogP contribution in [0.5, 0.6) is 0 Å². The number of carboxylic acid groups (broad SMARTS) is 1. The van der Waals surface area contributed by atoms with Crippen molar-refractivity contribution in [2.24, 2.45) is 21.7 Å². The van der Waals surface area contributed by atoms with Gasteiger partial charge in [0.2, 0.25) is 0 Å². The van der Waals surface area contributed by atoms with Gasteiger partial charge in [-0.1, -0.05) is 58.1 Å². The van der Waals surface area contributed by atoms with Crippen LogP contribution in [0, 0.1) is 45.6 Å². The molecule has 3 aliphatic heterocycles. The summed E-state index contributed by atoms with van der Waals surface area (Å²) in [5, 5.41) is 21.0. The molecule has 590 valence electrons. The van der Waals surface area contributed by atoms with E-state index in [0.29, 0.717) is 97.2 Å². The molecule has 13 N–H and O–H groups in total. The minimum atomic E-state index is -1.32. The van der Waals surface area contributed by atoms with Crippen molar-refractivity contribution < 1.29 is 60.0 Å². The van der Waals surface area contributed by atoms with Gasteiger partial charge < -0.3 is 58.6 Å². The number of rotatable bonds is 19. The van der Waals surface area contributed by atoms with E-state index in [1.54, 1.807) is 48.9 Å². The van der Waals surface area contributed by atoms with E-state index in [4.69, 9.17) is 59.0 Å². The third kappa shape index (κ3) is 25.8. The number of hydrogen-bond donors (Lipinski definition) is 8. The molecule has 0 radical (unpaired) electrons. The Morgan fingerprint density at radius 3 is 1.13 bits per heavy atom. The lowest BCUT2D eigenvalue weighted by atomic mass is 9.96. The Morgan fingerprint density at radius 2 is 0.802 bits per heavy atom. The fraction of sp³-hybridized carbons (Fsp3) is 0.329. The number of nitrogens with zero attached hydrogens (tertiary/aromatic N) is 12. The number of anilines is 3. The van der Waals surface area contributed by atoms with Crippen molar-refractivity contribution in [1.29, 1.82) is 0 Å². The van der Waals surface area contributed by atoms with Crippen LogP contribution in [-0.2, 0) is 14.2 Å². The van der Waals surface area contributed by atoms with Gasteiger partial charge in [0.05, 0.1) is 71.0 Å². The molecule has 9 aromatic rings. The molecule has 6 aromatic carbocycles. The average molecular weight is 1870 g/mol. The van der Waals surface area contributed by atoms with Gasteiger partial charge in [0, 0.05) is 114 Å². The maximum atomic E-state index is 15.1. The predicted molar refractivity (Wildman–Crippen MR) is 440 cm³/mol. The first-order valence-electron chi connectivity index (χ1n) is 33.1. The van der Waals surface area contributed by atoms with Gasteiger partial charge in [-0.15, -0.1) is 0 Å². The molecule has 3 saturated heterocycles. The first-order valence-corrected chi connectivity index (χ1v) is 36.3. The highest BCUT2D eigenvalue weighted by Gasteiger charge is 2.27. The highest BCUT2D eigenvalue weighted by molar-refractivity contribution is 14.1. The average Bonchev–Trinajstić information content (AvgIpc) is 0.810. The minimum Gasteiger partial charge on any atom is -0.478 e. The number of nitrogens with one attached hydrogen (secondary N) is 2. The van der Waals surface area contributed by atoms with Gasteiger partial charge in [-0.25, -0.2) is 61.0 Å². The van der Waals surface area contributed by atoms with Gasteiger partial charge in [-0.3, -0.25) is 9.59 Å². The second kappa shape index (κ2) is 44.6. The van der Waals surface area contributed by atoms with Crippen LogP contribution in [0.3, 0.4) is 0 Å². The SMILES string of the molecule is C.C.C.C.NC[C@@H](NC(=O)c1ccc(-c2nc(C3CCOCC3)cnc2N)cc1F)c1cc(F)cc(I)c1.Nc1ncc(C2CCOCC2)nc1-c1ccc(C(=O)O)c(F)c1.[N-]=[N+]=NC[C@@H](N)c1cc(F)cc(I)c1.[N-]=[N+]=NC[C@@H](NC(=O)c1ccc(-c2nc(C3CCOCC3)cnc2N)cc1F)c1cc(F)cc(I)c1. The van der Waals surface area contributed by atoms with Gasteiger partial charge >= 0.3 is 5.97 Å². The molecule has 3 atom stereocenters. The first kappa shape index (κ1) is 92.2. The molecular formula is C76H86F6I3N19O7. The smallest absolute Gasteiger partial charge is 0.338 e. The van der Waals surface area contributed by atoms with E-state index in [1.165, 1.54) is 72.8 Å². The van der Waals surface area contributed by atoms with Crippen molar-refractivity contribution in [2.45, 2.75) is 104 Å². The molecule has 3 aliphatic rings. The molecule has 0 unspecified atom stereocenters. The van der Waals surface area contributed by atoms with Gasteiger partial charge in [0.25, 0.3) is 11.8 Å². The Kier molecular flexibility index (Phi) is 37.0. The number of aromatic carboxylic acids is 1. The van der Waals surface area contributed by atoms with Gasteiger partial charge in [-0.2, -0.15) is 0 Å². The van der Waals surface area contributed by atoms with Crippen LogP contribution in [-0.4, -0.2) is 112 Å². The lowest BCUT2D eigenvalue weighted by Gasteiger charge is -2.22. The summed E-state index contributed by atoms with van der Waals surface area (Å²) in [5.41, 5.74) is 51.6. The molecule has 0 spiro atoms. The number of ether oxygens (including phenoxy) is 3.